The van der Waals surface area contributed by atoms with Crippen molar-refractivity contribution < 1.29 is 19.1 Å². The molecule has 0 spiro atoms. The third-order valence-corrected chi connectivity index (χ3v) is 6.54. The van der Waals surface area contributed by atoms with Crippen LogP contribution in [0.5, 0.6) is 5.75 Å². The van der Waals surface area contributed by atoms with Crippen molar-refractivity contribution >= 4 is 28.5 Å². The number of piperazine rings is 1. The first-order valence-electron chi connectivity index (χ1n) is 13.0. The fraction of sp³-hybridized carbons (Fsp3) is 0.357. The van der Waals surface area contributed by atoms with Crippen molar-refractivity contribution in [2.45, 2.75) is 34.2 Å². The zero-order valence-electron chi connectivity index (χ0n) is 22.9. The fourth-order valence-corrected chi connectivity index (χ4v) is 4.62. The first kappa shape index (κ1) is 27.5. The SMILES string of the molecule is CC.CCn1cc(C(=O)C(=O)N2CCN(C(=O)c3ccccc3)CC2)c2c(OC)cnc(-n3cnc(C)n3)c21. The van der Waals surface area contributed by atoms with Gasteiger partial charge in [0.1, 0.15) is 17.9 Å². The maximum atomic E-state index is 13.5. The smallest absolute Gasteiger partial charge is 0.295 e. The number of ether oxygens (including phenoxy) is 1. The summed E-state index contributed by atoms with van der Waals surface area (Å²) < 4.78 is 8.94. The molecule has 4 aromatic rings. The summed E-state index contributed by atoms with van der Waals surface area (Å²) in [4.78, 5) is 51.5. The number of hydrogen-bond donors (Lipinski definition) is 0. The van der Waals surface area contributed by atoms with E-state index in [4.69, 9.17) is 4.74 Å². The third-order valence-electron chi connectivity index (χ3n) is 6.54. The average molecular weight is 532 g/mol. The molecule has 0 bridgehead atoms. The highest BCUT2D eigenvalue weighted by Gasteiger charge is 2.32. The second-order valence-electron chi connectivity index (χ2n) is 8.72. The van der Waals surface area contributed by atoms with Gasteiger partial charge in [-0.1, -0.05) is 32.0 Å². The van der Waals surface area contributed by atoms with Gasteiger partial charge in [-0.25, -0.2) is 14.6 Å². The summed E-state index contributed by atoms with van der Waals surface area (Å²) >= 11 is 0. The summed E-state index contributed by atoms with van der Waals surface area (Å²) in [5, 5.41) is 4.86. The Morgan fingerprint density at radius 3 is 2.23 bits per heavy atom. The van der Waals surface area contributed by atoms with Crippen LogP contribution in [0.25, 0.3) is 16.7 Å². The van der Waals surface area contributed by atoms with Crippen molar-refractivity contribution in [3.63, 3.8) is 0 Å². The number of carbonyl (C=O) groups excluding carboxylic acids is 3. The molecule has 1 fully saturated rings. The highest BCUT2D eigenvalue weighted by Crippen LogP contribution is 2.34. The number of ketones is 1. The first-order chi connectivity index (χ1) is 18.9. The number of Topliss-reactive ketones (excluding diaryl/α,β-unsaturated/α-hetero) is 1. The van der Waals surface area contributed by atoms with E-state index in [1.165, 1.54) is 18.2 Å². The first-order valence-corrected chi connectivity index (χ1v) is 13.0. The lowest BCUT2D eigenvalue weighted by Gasteiger charge is -2.34. The van der Waals surface area contributed by atoms with Gasteiger partial charge in [-0.2, -0.15) is 5.10 Å². The molecule has 11 nitrogen and oxygen atoms in total. The maximum absolute atomic E-state index is 13.5. The van der Waals surface area contributed by atoms with Crippen LogP contribution in [0.1, 0.15) is 47.3 Å². The summed E-state index contributed by atoms with van der Waals surface area (Å²) in [6, 6.07) is 9.03. The summed E-state index contributed by atoms with van der Waals surface area (Å²) in [6.45, 7) is 9.51. The average Bonchev–Trinajstić information content (AvgIpc) is 3.61. The number of aryl methyl sites for hydroxylation is 2. The molecule has 2 amide bonds. The van der Waals surface area contributed by atoms with E-state index in [-0.39, 0.29) is 24.6 Å². The van der Waals surface area contributed by atoms with Gasteiger partial charge in [0.15, 0.2) is 5.82 Å². The van der Waals surface area contributed by atoms with Crippen molar-refractivity contribution in [3.05, 3.63) is 66.0 Å². The third kappa shape index (κ3) is 5.25. The normalized spacial score (nSPS) is 13.2. The summed E-state index contributed by atoms with van der Waals surface area (Å²) in [5.74, 6) is 0.120. The topological polar surface area (TPSA) is 115 Å². The zero-order valence-corrected chi connectivity index (χ0v) is 22.9. The lowest BCUT2D eigenvalue weighted by atomic mass is 10.1. The van der Waals surface area contributed by atoms with Crippen LogP contribution < -0.4 is 4.74 Å². The molecule has 0 saturated carbocycles. The monoisotopic (exact) mass is 531 g/mol. The van der Waals surface area contributed by atoms with Gasteiger partial charge < -0.3 is 19.1 Å². The molecular formula is C28H33N7O4. The van der Waals surface area contributed by atoms with Gasteiger partial charge in [0.05, 0.1) is 29.8 Å². The number of amides is 2. The van der Waals surface area contributed by atoms with Gasteiger partial charge in [0.25, 0.3) is 17.6 Å². The predicted octanol–water partition coefficient (Wildman–Crippen LogP) is 3.15. The number of pyridine rings is 1. The van der Waals surface area contributed by atoms with Crippen LogP contribution in [0.3, 0.4) is 0 Å². The molecule has 1 aromatic carbocycles. The molecule has 0 aliphatic carbocycles. The number of methoxy groups -OCH3 is 1. The van der Waals surface area contributed by atoms with Gasteiger partial charge in [0.2, 0.25) is 0 Å². The number of fused-ring (bicyclic) bond motifs is 1. The Bertz CT molecular complexity index is 1480. The Morgan fingerprint density at radius 2 is 1.64 bits per heavy atom. The zero-order chi connectivity index (χ0) is 28.1. The summed E-state index contributed by atoms with van der Waals surface area (Å²) in [7, 11) is 1.50. The molecule has 39 heavy (non-hydrogen) atoms. The minimum atomic E-state index is -0.634. The minimum absolute atomic E-state index is 0.0850. The Kier molecular flexibility index (Phi) is 8.38. The number of benzene rings is 1. The molecule has 0 unspecified atom stereocenters. The van der Waals surface area contributed by atoms with Gasteiger partial charge in [-0.3, -0.25) is 14.4 Å². The van der Waals surface area contributed by atoms with Crippen LogP contribution in [-0.4, -0.2) is 85.0 Å². The second-order valence-corrected chi connectivity index (χ2v) is 8.72. The molecule has 1 aliphatic heterocycles. The molecule has 204 valence electrons. The van der Waals surface area contributed by atoms with E-state index in [2.05, 4.69) is 15.1 Å². The molecule has 1 aliphatic rings. The van der Waals surface area contributed by atoms with Gasteiger partial charge in [-0.15, -0.1) is 0 Å². The van der Waals surface area contributed by atoms with E-state index in [1.54, 1.807) is 41.2 Å². The Labute approximate surface area is 227 Å². The van der Waals surface area contributed by atoms with Gasteiger partial charge >= 0.3 is 0 Å². The van der Waals surface area contributed by atoms with E-state index >= 15 is 0 Å². The van der Waals surface area contributed by atoms with E-state index in [0.29, 0.717) is 53.5 Å². The molecular weight excluding hydrogens is 498 g/mol. The molecule has 0 atom stereocenters. The molecule has 0 radical (unpaired) electrons. The lowest BCUT2D eigenvalue weighted by molar-refractivity contribution is -0.127. The van der Waals surface area contributed by atoms with E-state index in [9.17, 15) is 14.4 Å². The van der Waals surface area contributed by atoms with Crippen LogP contribution in [0.4, 0.5) is 0 Å². The molecule has 3 aromatic heterocycles. The van der Waals surface area contributed by atoms with E-state index in [0.717, 1.165) is 0 Å². The van der Waals surface area contributed by atoms with Crippen molar-refractivity contribution in [1.82, 2.24) is 34.1 Å². The van der Waals surface area contributed by atoms with Crippen LogP contribution in [0, 0.1) is 6.92 Å². The molecule has 1 saturated heterocycles. The standard InChI is InChI=1S/C26H27N7O4.C2H6/c1-4-30-15-19(21-20(37-3)14-27-24(22(21)30)33-16-28-17(2)29-33)23(34)26(36)32-12-10-31(11-13-32)25(35)18-8-6-5-7-9-18;1-2/h5-9,14-16H,4,10-13H2,1-3H3;1-2H3. The molecule has 5 rings (SSSR count). The number of rotatable bonds is 6. The Morgan fingerprint density at radius 1 is 0.974 bits per heavy atom. The Hall–Kier alpha value is -4.54. The molecule has 11 heteroatoms. The highest BCUT2D eigenvalue weighted by atomic mass is 16.5. The van der Waals surface area contributed by atoms with Crippen molar-refractivity contribution in [2.24, 2.45) is 0 Å². The fourth-order valence-electron chi connectivity index (χ4n) is 4.62. The molecule has 4 heterocycles. The van der Waals surface area contributed by atoms with Crippen molar-refractivity contribution in [2.75, 3.05) is 33.3 Å². The minimum Gasteiger partial charge on any atom is -0.494 e. The number of aromatic nitrogens is 5. The predicted molar refractivity (Wildman–Crippen MR) is 146 cm³/mol. The van der Waals surface area contributed by atoms with Gasteiger partial charge in [0, 0.05) is 44.5 Å². The van der Waals surface area contributed by atoms with E-state index in [1.807, 2.05) is 43.5 Å². The number of carbonyl (C=O) groups is 3. The molecule has 0 N–H and O–H groups in total. The Balaban J connectivity index is 0.00000172. The maximum Gasteiger partial charge on any atom is 0.295 e. The van der Waals surface area contributed by atoms with Crippen LogP contribution in [0.15, 0.2) is 49.1 Å². The lowest BCUT2D eigenvalue weighted by Crippen LogP contribution is -2.52. The highest BCUT2D eigenvalue weighted by molar-refractivity contribution is 6.45. The van der Waals surface area contributed by atoms with Crippen molar-refractivity contribution in [3.8, 4) is 11.6 Å². The van der Waals surface area contributed by atoms with E-state index < -0.39 is 11.7 Å². The second kappa shape index (κ2) is 11.9. The largest absolute Gasteiger partial charge is 0.494 e. The van der Waals surface area contributed by atoms with Crippen molar-refractivity contribution in [1.29, 1.82) is 0 Å². The number of nitrogens with zero attached hydrogens (tertiary/aromatic N) is 7. The summed E-state index contributed by atoms with van der Waals surface area (Å²) in [6.07, 6.45) is 4.74. The van der Waals surface area contributed by atoms with Crippen LogP contribution in [0.2, 0.25) is 0 Å². The van der Waals surface area contributed by atoms with Gasteiger partial charge in [-0.05, 0) is 26.0 Å². The number of hydrogen-bond acceptors (Lipinski definition) is 7. The van der Waals surface area contributed by atoms with Crippen LogP contribution in [-0.2, 0) is 11.3 Å². The summed E-state index contributed by atoms with van der Waals surface area (Å²) in [5.41, 5.74) is 1.47. The quantitative estimate of drug-likeness (QED) is 0.277. The van der Waals surface area contributed by atoms with Crippen LogP contribution >= 0.6 is 0 Å².